The molecule has 112 valence electrons. The molecule has 0 aliphatic carbocycles. The van der Waals surface area contributed by atoms with Crippen LogP contribution in [0.1, 0.15) is 19.3 Å². The van der Waals surface area contributed by atoms with Crippen molar-refractivity contribution in [2.24, 2.45) is 0 Å². The molecule has 1 fully saturated rings. The van der Waals surface area contributed by atoms with Gasteiger partial charge >= 0.3 is 18.0 Å². The number of nitrogens with zero attached hydrogens (tertiary/aromatic N) is 1. The topological polar surface area (TPSA) is 136 Å². The Labute approximate surface area is 114 Å². The number of urea groups is 1. The number of amides is 3. The summed E-state index contributed by atoms with van der Waals surface area (Å²) in [6.07, 6.45) is 0.000198. The summed E-state index contributed by atoms with van der Waals surface area (Å²) in [5.41, 5.74) is 0. The van der Waals surface area contributed by atoms with Crippen LogP contribution in [0.2, 0.25) is 0 Å². The molecule has 1 unspecified atom stereocenters. The Balaban J connectivity index is 2.57. The summed E-state index contributed by atoms with van der Waals surface area (Å²) in [4.78, 5) is 45.8. The first kappa shape index (κ1) is 15.7. The summed E-state index contributed by atoms with van der Waals surface area (Å²) >= 11 is 0. The number of carboxylic acids is 2. The van der Waals surface area contributed by atoms with Crippen LogP contribution in [0.5, 0.6) is 0 Å². The number of carbonyl (C=O) groups is 4. The highest BCUT2D eigenvalue weighted by Crippen LogP contribution is 2.02. The van der Waals surface area contributed by atoms with E-state index in [1.54, 1.807) is 0 Å². The number of carbonyl (C=O) groups excluding carboxylic acids is 2. The van der Waals surface area contributed by atoms with Crippen LogP contribution in [-0.4, -0.2) is 64.7 Å². The molecule has 1 rings (SSSR count). The van der Waals surface area contributed by atoms with Crippen molar-refractivity contribution in [2.75, 3.05) is 19.6 Å². The Morgan fingerprint density at radius 3 is 2.65 bits per heavy atom. The van der Waals surface area contributed by atoms with Gasteiger partial charge in [0.05, 0.1) is 0 Å². The fourth-order valence-electron chi connectivity index (χ4n) is 1.74. The first-order valence-corrected chi connectivity index (χ1v) is 6.17. The van der Waals surface area contributed by atoms with Crippen molar-refractivity contribution in [3.05, 3.63) is 0 Å². The molecule has 1 heterocycles. The Kier molecular flexibility index (Phi) is 5.75. The van der Waals surface area contributed by atoms with Gasteiger partial charge in [-0.05, 0) is 12.8 Å². The van der Waals surface area contributed by atoms with E-state index in [2.05, 4.69) is 10.6 Å². The van der Waals surface area contributed by atoms with E-state index in [9.17, 15) is 19.2 Å². The van der Waals surface area contributed by atoms with Crippen molar-refractivity contribution in [1.29, 1.82) is 0 Å². The molecule has 0 spiro atoms. The largest absolute Gasteiger partial charge is 0.481 e. The average Bonchev–Trinajstić information content (AvgIpc) is 2.58. The van der Waals surface area contributed by atoms with Gasteiger partial charge in [0, 0.05) is 19.5 Å². The normalized spacial score (nSPS) is 16.8. The number of aliphatic carboxylic acids is 2. The summed E-state index contributed by atoms with van der Waals surface area (Å²) in [5.74, 6) is -2.76. The van der Waals surface area contributed by atoms with E-state index in [0.29, 0.717) is 19.5 Å². The van der Waals surface area contributed by atoms with Crippen molar-refractivity contribution in [3.8, 4) is 0 Å². The third kappa shape index (κ3) is 5.12. The minimum absolute atomic E-state index is 0.142. The maximum Gasteiger partial charge on any atom is 0.326 e. The van der Waals surface area contributed by atoms with Crippen LogP contribution < -0.4 is 10.6 Å². The van der Waals surface area contributed by atoms with Gasteiger partial charge in [0.25, 0.3) is 0 Å². The summed E-state index contributed by atoms with van der Waals surface area (Å²) in [5, 5.41) is 22.3. The summed E-state index contributed by atoms with van der Waals surface area (Å²) < 4.78 is 0. The SMILES string of the molecule is O=C(O)CCC(NC(=O)N1CCCNC(=O)C1)C(=O)O. The van der Waals surface area contributed by atoms with Crippen molar-refractivity contribution >= 4 is 23.9 Å². The summed E-state index contributed by atoms with van der Waals surface area (Å²) in [6, 6.07) is -1.97. The van der Waals surface area contributed by atoms with Gasteiger partial charge in [0.2, 0.25) is 5.91 Å². The van der Waals surface area contributed by atoms with E-state index in [1.165, 1.54) is 4.90 Å². The molecule has 1 saturated heterocycles. The van der Waals surface area contributed by atoms with Gasteiger partial charge in [-0.25, -0.2) is 9.59 Å². The molecule has 9 heteroatoms. The van der Waals surface area contributed by atoms with Gasteiger partial charge in [-0.1, -0.05) is 0 Å². The van der Waals surface area contributed by atoms with E-state index in [4.69, 9.17) is 10.2 Å². The van der Waals surface area contributed by atoms with Crippen LogP contribution in [0.3, 0.4) is 0 Å². The van der Waals surface area contributed by atoms with Gasteiger partial charge in [0.1, 0.15) is 12.6 Å². The molecular formula is C11H17N3O6. The monoisotopic (exact) mass is 287 g/mol. The van der Waals surface area contributed by atoms with E-state index >= 15 is 0 Å². The Morgan fingerprint density at radius 2 is 2.05 bits per heavy atom. The van der Waals surface area contributed by atoms with Crippen LogP contribution in [0.4, 0.5) is 4.79 Å². The van der Waals surface area contributed by atoms with Crippen LogP contribution in [0, 0.1) is 0 Å². The molecule has 20 heavy (non-hydrogen) atoms. The van der Waals surface area contributed by atoms with E-state index < -0.39 is 24.0 Å². The number of carboxylic acid groups (broad SMARTS) is 2. The van der Waals surface area contributed by atoms with Gasteiger partial charge in [-0.15, -0.1) is 0 Å². The first-order valence-electron chi connectivity index (χ1n) is 6.17. The molecule has 1 aliphatic rings. The van der Waals surface area contributed by atoms with Crippen molar-refractivity contribution in [3.63, 3.8) is 0 Å². The zero-order chi connectivity index (χ0) is 15.1. The maximum absolute atomic E-state index is 11.9. The lowest BCUT2D eigenvalue weighted by atomic mass is 10.1. The van der Waals surface area contributed by atoms with Gasteiger partial charge in [-0.2, -0.15) is 0 Å². The minimum atomic E-state index is -1.31. The van der Waals surface area contributed by atoms with Gasteiger partial charge in [-0.3, -0.25) is 9.59 Å². The lowest BCUT2D eigenvalue weighted by Crippen LogP contribution is -2.49. The number of rotatable bonds is 5. The smallest absolute Gasteiger partial charge is 0.326 e. The molecule has 0 aromatic rings. The third-order valence-corrected chi connectivity index (χ3v) is 2.79. The maximum atomic E-state index is 11.9. The number of hydrogen-bond donors (Lipinski definition) is 4. The molecule has 4 N–H and O–H groups in total. The minimum Gasteiger partial charge on any atom is -0.481 e. The number of nitrogens with one attached hydrogen (secondary N) is 2. The zero-order valence-corrected chi connectivity index (χ0v) is 10.8. The Bertz CT molecular complexity index is 411. The highest BCUT2D eigenvalue weighted by Gasteiger charge is 2.25. The fraction of sp³-hybridized carbons (Fsp3) is 0.636. The van der Waals surface area contributed by atoms with E-state index in [-0.39, 0.29) is 25.3 Å². The molecule has 0 saturated carbocycles. The third-order valence-electron chi connectivity index (χ3n) is 2.79. The standard InChI is InChI=1S/C11H17N3O6/c15-8-6-14(5-1-4-12-8)11(20)13-7(10(18)19)2-3-9(16)17/h7H,1-6H2,(H,12,15)(H,13,20)(H,16,17)(H,18,19). The van der Waals surface area contributed by atoms with Crippen molar-refractivity contribution < 1.29 is 29.4 Å². The predicted molar refractivity (Wildman–Crippen MR) is 66.0 cm³/mol. The van der Waals surface area contributed by atoms with Gasteiger partial charge < -0.3 is 25.7 Å². The van der Waals surface area contributed by atoms with E-state index in [0.717, 1.165) is 0 Å². The predicted octanol–water partition coefficient (Wildman–Crippen LogP) is -1.16. The molecular weight excluding hydrogens is 270 g/mol. The highest BCUT2D eigenvalue weighted by atomic mass is 16.4. The first-order chi connectivity index (χ1) is 9.40. The lowest BCUT2D eigenvalue weighted by molar-refractivity contribution is -0.140. The van der Waals surface area contributed by atoms with Gasteiger partial charge in [0.15, 0.2) is 0 Å². The fourth-order valence-corrected chi connectivity index (χ4v) is 1.74. The van der Waals surface area contributed by atoms with Crippen LogP contribution in [0.15, 0.2) is 0 Å². The Hall–Kier alpha value is -2.32. The number of hydrogen-bond acceptors (Lipinski definition) is 4. The van der Waals surface area contributed by atoms with Crippen LogP contribution >= 0.6 is 0 Å². The van der Waals surface area contributed by atoms with Crippen LogP contribution in [0.25, 0.3) is 0 Å². The van der Waals surface area contributed by atoms with E-state index in [1.807, 2.05) is 0 Å². The molecule has 0 aromatic heterocycles. The molecule has 9 nitrogen and oxygen atoms in total. The molecule has 1 aliphatic heterocycles. The summed E-state index contributed by atoms with van der Waals surface area (Å²) in [6.45, 7) is 0.650. The molecule has 0 radical (unpaired) electrons. The molecule has 0 bridgehead atoms. The van der Waals surface area contributed by atoms with Crippen molar-refractivity contribution in [1.82, 2.24) is 15.5 Å². The van der Waals surface area contributed by atoms with Crippen LogP contribution in [-0.2, 0) is 14.4 Å². The Morgan fingerprint density at radius 1 is 1.35 bits per heavy atom. The average molecular weight is 287 g/mol. The zero-order valence-electron chi connectivity index (χ0n) is 10.8. The second-order valence-corrected chi connectivity index (χ2v) is 4.40. The quantitative estimate of drug-likeness (QED) is 0.503. The highest BCUT2D eigenvalue weighted by molar-refractivity contribution is 5.87. The molecule has 3 amide bonds. The summed E-state index contributed by atoms with van der Waals surface area (Å²) in [7, 11) is 0. The van der Waals surface area contributed by atoms with Crippen molar-refractivity contribution in [2.45, 2.75) is 25.3 Å². The molecule has 1 atom stereocenters. The molecule has 0 aromatic carbocycles. The second kappa shape index (κ2) is 7.31. The lowest BCUT2D eigenvalue weighted by Gasteiger charge is -2.22. The second-order valence-electron chi connectivity index (χ2n) is 4.40.